The van der Waals surface area contributed by atoms with Crippen LogP contribution in [0.3, 0.4) is 0 Å². The molecule has 2 aromatic carbocycles. The number of anilines is 2. The Morgan fingerprint density at radius 2 is 1.61 bits per heavy atom. The van der Waals surface area contributed by atoms with E-state index in [-0.39, 0.29) is 10.9 Å². The van der Waals surface area contributed by atoms with Gasteiger partial charge in [0.05, 0.1) is 17.7 Å². The third kappa shape index (κ3) is 5.11. The molecule has 2 amide bonds. The van der Waals surface area contributed by atoms with E-state index in [1.54, 1.807) is 36.3 Å². The van der Waals surface area contributed by atoms with Crippen LogP contribution >= 0.6 is 0 Å². The molecule has 3 rings (SSSR count). The van der Waals surface area contributed by atoms with Crippen LogP contribution < -0.4 is 15.0 Å². The van der Waals surface area contributed by atoms with Gasteiger partial charge >= 0.3 is 6.03 Å². The number of sulfonamides is 1. The van der Waals surface area contributed by atoms with Crippen molar-refractivity contribution in [3.05, 3.63) is 48.5 Å². The molecule has 1 aliphatic heterocycles. The minimum absolute atomic E-state index is 0.201. The summed E-state index contributed by atoms with van der Waals surface area (Å²) in [5, 5.41) is 2.80. The molecule has 9 heteroatoms. The highest BCUT2D eigenvalue weighted by molar-refractivity contribution is 7.89. The van der Waals surface area contributed by atoms with Crippen LogP contribution in [0.4, 0.5) is 16.2 Å². The molecule has 1 heterocycles. The molecule has 1 aliphatic rings. The highest BCUT2D eigenvalue weighted by Gasteiger charge is 2.29. The number of methoxy groups -OCH3 is 1. The van der Waals surface area contributed by atoms with E-state index >= 15 is 0 Å². The van der Waals surface area contributed by atoms with Crippen LogP contribution in [0.5, 0.6) is 5.75 Å². The summed E-state index contributed by atoms with van der Waals surface area (Å²) in [5.74, 6) is 0.779. The number of nitrogens with one attached hydrogen (secondary N) is 1. The lowest BCUT2D eigenvalue weighted by Gasteiger charge is -2.35. The number of urea groups is 1. The average molecular weight is 447 g/mol. The number of hydrogen-bond acceptors (Lipinski definition) is 5. The smallest absolute Gasteiger partial charge is 0.321 e. The van der Waals surface area contributed by atoms with Crippen molar-refractivity contribution in [3.8, 4) is 5.75 Å². The number of carbonyl (C=O) groups is 1. The first-order valence-corrected chi connectivity index (χ1v) is 11.9. The van der Waals surface area contributed by atoms with Crippen molar-refractivity contribution in [2.75, 3.05) is 56.6 Å². The topological polar surface area (TPSA) is 82.2 Å². The van der Waals surface area contributed by atoms with Gasteiger partial charge in [0.1, 0.15) is 5.75 Å². The summed E-state index contributed by atoms with van der Waals surface area (Å²) in [6.45, 7) is 6.97. The third-order valence-electron chi connectivity index (χ3n) is 5.46. The van der Waals surface area contributed by atoms with E-state index in [4.69, 9.17) is 4.74 Å². The molecular formula is C22H30N4O4S. The van der Waals surface area contributed by atoms with Crippen molar-refractivity contribution in [2.24, 2.45) is 0 Å². The van der Waals surface area contributed by atoms with E-state index in [1.807, 2.05) is 38.1 Å². The Bertz CT molecular complexity index is 983. The van der Waals surface area contributed by atoms with E-state index in [0.717, 1.165) is 11.4 Å². The van der Waals surface area contributed by atoms with Crippen molar-refractivity contribution < 1.29 is 17.9 Å². The van der Waals surface area contributed by atoms with Gasteiger partial charge in [-0.05, 0) is 50.2 Å². The fourth-order valence-electron chi connectivity index (χ4n) is 3.63. The molecule has 1 fully saturated rings. The van der Waals surface area contributed by atoms with Gasteiger partial charge in [0.2, 0.25) is 10.0 Å². The van der Waals surface area contributed by atoms with E-state index < -0.39 is 10.0 Å². The molecule has 0 unspecified atom stereocenters. The standard InChI is InChI=1S/C22H30N4O4S/c1-4-24(5-2)22(27)23-18-10-12-19(13-11-18)31(28,29)26-16-14-25(15-17-26)20-8-6-7-9-21(20)30-3/h6-13H,4-5,14-17H2,1-3H3,(H,23,27). The maximum Gasteiger partial charge on any atom is 0.321 e. The predicted molar refractivity (Wildman–Crippen MR) is 122 cm³/mol. The molecule has 0 aliphatic carbocycles. The van der Waals surface area contributed by atoms with Crippen molar-refractivity contribution in [1.29, 1.82) is 0 Å². The fraction of sp³-hybridized carbons (Fsp3) is 0.409. The first kappa shape index (κ1) is 22.9. The zero-order chi connectivity index (χ0) is 22.4. The van der Waals surface area contributed by atoms with Gasteiger partial charge in [-0.15, -0.1) is 0 Å². The molecule has 168 valence electrons. The van der Waals surface area contributed by atoms with Crippen LogP contribution in [0.1, 0.15) is 13.8 Å². The van der Waals surface area contributed by atoms with Crippen molar-refractivity contribution in [1.82, 2.24) is 9.21 Å². The molecule has 0 spiro atoms. The second-order valence-electron chi connectivity index (χ2n) is 7.19. The normalized spacial score (nSPS) is 14.9. The summed E-state index contributed by atoms with van der Waals surface area (Å²) < 4.78 is 33.1. The summed E-state index contributed by atoms with van der Waals surface area (Å²) in [5.41, 5.74) is 1.53. The molecule has 2 aromatic rings. The number of para-hydroxylation sites is 2. The van der Waals surface area contributed by atoms with E-state index in [9.17, 15) is 13.2 Å². The van der Waals surface area contributed by atoms with E-state index in [0.29, 0.717) is 45.0 Å². The van der Waals surface area contributed by atoms with Crippen molar-refractivity contribution in [3.63, 3.8) is 0 Å². The molecule has 0 aromatic heterocycles. The maximum absolute atomic E-state index is 13.1. The van der Waals surface area contributed by atoms with Gasteiger partial charge in [0.15, 0.2) is 0 Å². The van der Waals surface area contributed by atoms with Crippen LogP contribution in [-0.4, -0.2) is 70.0 Å². The number of amides is 2. The minimum Gasteiger partial charge on any atom is -0.495 e. The summed E-state index contributed by atoms with van der Waals surface area (Å²) in [4.78, 5) is 16.2. The van der Waals surface area contributed by atoms with Gasteiger partial charge in [-0.1, -0.05) is 12.1 Å². The molecule has 31 heavy (non-hydrogen) atoms. The summed E-state index contributed by atoms with van der Waals surface area (Å²) in [6.07, 6.45) is 0. The number of benzene rings is 2. The lowest BCUT2D eigenvalue weighted by Crippen LogP contribution is -2.48. The van der Waals surface area contributed by atoms with Gasteiger partial charge < -0.3 is 19.9 Å². The molecular weight excluding hydrogens is 416 g/mol. The third-order valence-corrected chi connectivity index (χ3v) is 7.37. The van der Waals surface area contributed by atoms with Gasteiger partial charge in [-0.3, -0.25) is 0 Å². The zero-order valence-electron chi connectivity index (χ0n) is 18.2. The number of rotatable bonds is 7. The molecule has 8 nitrogen and oxygen atoms in total. The summed E-state index contributed by atoms with van der Waals surface area (Å²) in [7, 11) is -1.97. The van der Waals surface area contributed by atoms with Gasteiger partial charge in [0, 0.05) is 45.0 Å². The van der Waals surface area contributed by atoms with Crippen LogP contribution in [-0.2, 0) is 10.0 Å². The second kappa shape index (κ2) is 10.0. The SMILES string of the molecule is CCN(CC)C(=O)Nc1ccc(S(=O)(=O)N2CCN(c3ccccc3OC)CC2)cc1. The van der Waals surface area contributed by atoms with Crippen LogP contribution in [0.15, 0.2) is 53.4 Å². The number of nitrogens with zero attached hydrogens (tertiary/aromatic N) is 3. The van der Waals surface area contributed by atoms with Crippen LogP contribution in [0.25, 0.3) is 0 Å². The van der Waals surface area contributed by atoms with Crippen molar-refractivity contribution >= 4 is 27.4 Å². The Kier molecular flexibility index (Phi) is 7.40. The minimum atomic E-state index is -3.60. The highest BCUT2D eigenvalue weighted by Crippen LogP contribution is 2.29. The fourth-order valence-corrected chi connectivity index (χ4v) is 5.06. The highest BCUT2D eigenvalue weighted by atomic mass is 32.2. The Morgan fingerprint density at radius 3 is 2.19 bits per heavy atom. The number of piperazine rings is 1. The van der Waals surface area contributed by atoms with Gasteiger partial charge in [0.25, 0.3) is 0 Å². The molecule has 0 radical (unpaired) electrons. The average Bonchev–Trinajstić information content (AvgIpc) is 2.80. The first-order valence-electron chi connectivity index (χ1n) is 10.4. The quantitative estimate of drug-likeness (QED) is 0.707. The Morgan fingerprint density at radius 1 is 1.00 bits per heavy atom. The molecule has 1 saturated heterocycles. The molecule has 1 N–H and O–H groups in total. The summed E-state index contributed by atoms with van der Waals surface area (Å²) in [6, 6.07) is 13.9. The lowest BCUT2D eigenvalue weighted by atomic mass is 10.2. The summed E-state index contributed by atoms with van der Waals surface area (Å²) >= 11 is 0. The second-order valence-corrected chi connectivity index (χ2v) is 9.13. The number of ether oxygens (including phenoxy) is 1. The predicted octanol–water partition coefficient (Wildman–Crippen LogP) is 3.08. The maximum atomic E-state index is 13.1. The van der Waals surface area contributed by atoms with E-state index in [2.05, 4.69) is 10.2 Å². The van der Waals surface area contributed by atoms with Crippen molar-refractivity contribution in [2.45, 2.75) is 18.7 Å². The molecule has 0 bridgehead atoms. The Labute approximate surface area is 184 Å². The van der Waals surface area contributed by atoms with E-state index in [1.165, 1.54) is 4.31 Å². The molecule has 0 saturated carbocycles. The monoisotopic (exact) mass is 446 g/mol. The lowest BCUT2D eigenvalue weighted by molar-refractivity contribution is 0.217. The van der Waals surface area contributed by atoms with Gasteiger partial charge in [-0.25, -0.2) is 13.2 Å². The zero-order valence-corrected chi connectivity index (χ0v) is 19.1. The Balaban J connectivity index is 1.65. The number of carbonyl (C=O) groups excluding carboxylic acids is 1. The van der Waals surface area contributed by atoms with Gasteiger partial charge in [-0.2, -0.15) is 4.31 Å². The number of hydrogen-bond donors (Lipinski definition) is 1. The largest absolute Gasteiger partial charge is 0.495 e. The first-order chi connectivity index (χ1) is 14.9. The van der Waals surface area contributed by atoms with Crippen LogP contribution in [0.2, 0.25) is 0 Å². The molecule has 0 atom stereocenters. The van der Waals surface area contributed by atoms with Crippen LogP contribution in [0, 0.1) is 0 Å². The Hall–Kier alpha value is -2.78.